The summed E-state index contributed by atoms with van der Waals surface area (Å²) in [4.78, 5) is 0. The summed E-state index contributed by atoms with van der Waals surface area (Å²) in [6.45, 7) is 0. The van der Waals surface area contributed by atoms with E-state index in [-0.39, 0.29) is 12.2 Å². The van der Waals surface area contributed by atoms with E-state index in [1.807, 2.05) is 0 Å². The van der Waals surface area contributed by atoms with Crippen LogP contribution in [0.2, 0.25) is 0 Å². The molecule has 3 nitrogen and oxygen atoms in total. The van der Waals surface area contributed by atoms with Crippen molar-refractivity contribution in [3.05, 3.63) is 35.8 Å². The van der Waals surface area contributed by atoms with Crippen LogP contribution in [0, 0.1) is 5.82 Å². The molecule has 1 unspecified atom stereocenters. The molecule has 0 radical (unpaired) electrons. The molecule has 0 aliphatic heterocycles. The second-order valence-electron chi connectivity index (χ2n) is 4.20. The Bertz CT molecular complexity index is 564. The maximum absolute atomic E-state index is 13.0. The quantitative estimate of drug-likeness (QED) is 0.511. The molecule has 0 saturated heterocycles. The van der Waals surface area contributed by atoms with Crippen molar-refractivity contribution in [3.63, 3.8) is 0 Å². The van der Waals surface area contributed by atoms with Crippen LogP contribution in [0.3, 0.4) is 0 Å². The second kappa shape index (κ2) is 5.18. The van der Waals surface area contributed by atoms with Gasteiger partial charge in [-0.1, -0.05) is 0 Å². The predicted molar refractivity (Wildman–Crippen MR) is 61.5 cm³/mol. The largest absolute Gasteiger partial charge is 0.459 e. The summed E-state index contributed by atoms with van der Waals surface area (Å²) >= 11 is 0. The van der Waals surface area contributed by atoms with Crippen LogP contribution in [-0.2, 0) is 0 Å². The van der Waals surface area contributed by atoms with Gasteiger partial charge in [0.25, 0.3) is 0 Å². The SMILES string of the molecule is NNC(CCC(F)(F)F)c1cc2cc(F)ccc2o1. The van der Waals surface area contributed by atoms with Crippen molar-refractivity contribution in [1.82, 2.24) is 5.43 Å². The van der Waals surface area contributed by atoms with Crippen molar-refractivity contribution < 1.29 is 22.0 Å². The van der Waals surface area contributed by atoms with Gasteiger partial charge in [0, 0.05) is 11.8 Å². The van der Waals surface area contributed by atoms with Gasteiger partial charge in [-0.15, -0.1) is 0 Å². The van der Waals surface area contributed by atoms with E-state index in [4.69, 9.17) is 10.3 Å². The number of benzene rings is 1. The fourth-order valence-corrected chi connectivity index (χ4v) is 1.82. The Balaban J connectivity index is 2.20. The minimum absolute atomic E-state index is 0.248. The minimum atomic E-state index is -4.26. The number of fused-ring (bicyclic) bond motifs is 1. The third-order valence-corrected chi connectivity index (χ3v) is 2.76. The van der Waals surface area contributed by atoms with Crippen molar-refractivity contribution in [3.8, 4) is 0 Å². The smallest absolute Gasteiger partial charge is 0.389 e. The number of rotatable bonds is 4. The normalized spacial score (nSPS) is 13.9. The zero-order valence-electron chi connectivity index (χ0n) is 9.80. The molecular weight excluding hydrogens is 264 g/mol. The maximum Gasteiger partial charge on any atom is 0.389 e. The molecule has 0 aliphatic carbocycles. The van der Waals surface area contributed by atoms with Gasteiger partial charge in [-0.05, 0) is 30.7 Å². The summed E-state index contributed by atoms with van der Waals surface area (Å²) in [5.41, 5.74) is 2.69. The highest BCUT2D eigenvalue weighted by Gasteiger charge is 2.29. The number of hydrogen-bond acceptors (Lipinski definition) is 3. The van der Waals surface area contributed by atoms with Gasteiger partial charge in [-0.25, -0.2) is 9.82 Å². The van der Waals surface area contributed by atoms with Gasteiger partial charge in [0.2, 0.25) is 0 Å². The highest BCUT2D eigenvalue weighted by atomic mass is 19.4. The first-order chi connectivity index (χ1) is 8.89. The molecule has 2 aromatic rings. The Morgan fingerprint density at radius 3 is 2.63 bits per heavy atom. The molecule has 0 fully saturated rings. The molecule has 0 bridgehead atoms. The van der Waals surface area contributed by atoms with Crippen molar-refractivity contribution >= 4 is 11.0 Å². The molecule has 2 rings (SSSR count). The van der Waals surface area contributed by atoms with Gasteiger partial charge in [0.05, 0.1) is 6.04 Å². The molecule has 0 aliphatic rings. The van der Waals surface area contributed by atoms with Crippen molar-refractivity contribution in [2.24, 2.45) is 5.84 Å². The van der Waals surface area contributed by atoms with Crippen LogP contribution < -0.4 is 11.3 Å². The van der Waals surface area contributed by atoms with Gasteiger partial charge >= 0.3 is 6.18 Å². The summed E-state index contributed by atoms with van der Waals surface area (Å²) in [6.07, 6.45) is -5.48. The molecule has 104 valence electrons. The van der Waals surface area contributed by atoms with Crippen LogP contribution >= 0.6 is 0 Å². The number of hydrazine groups is 1. The van der Waals surface area contributed by atoms with E-state index in [0.29, 0.717) is 11.0 Å². The van der Waals surface area contributed by atoms with E-state index in [9.17, 15) is 17.6 Å². The van der Waals surface area contributed by atoms with Crippen LogP contribution in [0.1, 0.15) is 24.6 Å². The zero-order valence-corrected chi connectivity index (χ0v) is 9.80. The van der Waals surface area contributed by atoms with E-state index in [1.165, 1.54) is 24.3 Å². The first kappa shape index (κ1) is 13.8. The van der Waals surface area contributed by atoms with Gasteiger partial charge < -0.3 is 4.42 Å². The first-order valence-electron chi connectivity index (χ1n) is 5.61. The maximum atomic E-state index is 13.0. The molecule has 3 N–H and O–H groups in total. The van der Waals surface area contributed by atoms with Gasteiger partial charge in [0.15, 0.2) is 0 Å². The first-order valence-corrected chi connectivity index (χ1v) is 5.61. The summed E-state index contributed by atoms with van der Waals surface area (Å²) < 4.78 is 54.9. The Labute approximate surface area is 106 Å². The van der Waals surface area contributed by atoms with Crippen LogP contribution in [0.25, 0.3) is 11.0 Å². The van der Waals surface area contributed by atoms with Crippen LogP contribution in [-0.4, -0.2) is 6.18 Å². The highest BCUT2D eigenvalue weighted by molar-refractivity contribution is 5.78. The topological polar surface area (TPSA) is 51.2 Å². The molecule has 7 heteroatoms. The number of hydrogen-bond donors (Lipinski definition) is 2. The summed E-state index contributed by atoms with van der Waals surface area (Å²) in [7, 11) is 0. The molecule has 19 heavy (non-hydrogen) atoms. The number of alkyl halides is 3. The minimum Gasteiger partial charge on any atom is -0.459 e. The molecule has 1 atom stereocenters. The average molecular weight is 276 g/mol. The number of nitrogens with two attached hydrogens (primary N) is 1. The fraction of sp³-hybridized carbons (Fsp3) is 0.333. The fourth-order valence-electron chi connectivity index (χ4n) is 1.82. The lowest BCUT2D eigenvalue weighted by atomic mass is 10.1. The van der Waals surface area contributed by atoms with E-state index < -0.39 is 24.5 Å². The summed E-state index contributed by atoms with van der Waals surface area (Å²) in [5.74, 6) is 5.05. The van der Waals surface area contributed by atoms with Gasteiger partial charge in [-0.2, -0.15) is 13.2 Å². The zero-order chi connectivity index (χ0) is 14.0. The number of nitrogens with one attached hydrogen (secondary N) is 1. The van der Waals surface area contributed by atoms with E-state index >= 15 is 0 Å². The molecular formula is C12H12F4N2O. The predicted octanol–water partition coefficient (Wildman–Crippen LogP) is 3.42. The van der Waals surface area contributed by atoms with Crippen molar-refractivity contribution in [2.45, 2.75) is 25.1 Å². The standard InChI is InChI=1S/C12H12F4N2O/c13-8-1-2-10-7(5-8)6-11(19-10)9(18-17)3-4-12(14,15)16/h1-2,5-6,9,18H,3-4,17H2. The van der Waals surface area contributed by atoms with E-state index in [2.05, 4.69) is 5.43 Å². The average Bonchev–Trinajstić information content (AvgIpc) is 2.71. The van der Waals surface area contributed by atoms with Crippen molar-refractivity contribution in [1.29, 1.82) is 0 Å². The third kappa shape index (κ3) is 3.45. The lowest BCUT2D eigenvalue weighted by Gasteiger charge is -2.14. The second-order valence-corrected chi connectivity index (χ2v) is 4.20. The molecule has 0 spiro atoms. The van der Waals surface area contributed by atoms with E-state index in [1.54, 1.807) is 0 Å². The number of halogens is 4. The van der Waals surface area contributed by atoms with Crippen LogP contribution in [0.5, 0.6) is 0 Å². The molecule has 0 saturated carbocycles. The molecule has 0 amide bonds. The van der Waals surface area contributed by atoms with Crippen LogP contribution in [0.4, 0.5) is 17.6 Å². The Hall–Kier alpha value is -1.60. The van der Waals surface area contributed by atoms with Gasteiger partial charge in [0.1, 0.15) is 17.2 Å². The Morgan fingerprint density at radius 2 is 2.00 bits per heavy atom. The monoisotopic (exact) mass is 276 g/mol. The molecule has 1 heterocycles. The van der Waals surface area contributed by atoms with Crippen molar-refractivity contribution in [2.75, 3.05) is 0 Å². The van der Waals surface area contributed by atoms with Gasteiger partial charge in [-0.3, -0.25) is 5.84 Å². The van der Waals surface area contributed by atoms with E-state index in [0.717, 1.165) is 0 Å². The Morgan fingerprint density at radius 1 is 1.26 bits per heavy atom. The molecule has 1 aromatic carbocycles. The summed E-state index contributed by atoms with van der Waals surface area (Å²) in [6, 6.07) is 4.61. The molecule has 1 aromatic heterocycles. The Kier molecular flexibility index (Phi) is 3.77. The lowest BCUT2D eigenvalue weighted by Crippen LogP contribution is -2.28. The lowest BCUT2D eigenvalue weighted by molar-refractivity contribution is -0.136. The summed E-state index contributed by atoms with van der Waals surface area (Å²) in [5, 5.41) is 0.488. The highest BCUT2D eigenvalue weighted by Crippen LogP contribution is 2.30. The van der Waals surface area contributed by atoms with Crippen LogP contribution in [0.15, 0.2) is 28.7 Å². The number of furan rings is 1. The third-order valence-electron chi connectivity index (χ3n) is 2.76.